The fourth-order valence-electron chi connectivity index (χ4n) is 4.17. The Labute approximate surface area is 172 Å². The van der Waals surface area contributed by atoms with E-state index in [2.05, 4.69) is 66.1 Å². The Morgan fingerprint density at radius 2 is 1.76 bits per heavy atom. The van der Waals surface area contributed by atoms with Gasteiger partial charge in [-0.2, -0.15) is 0 Å². The van der Waals surface area contributed by atoms with Gasteiger partial charge in [-0.15, -0.1) is 0 Å². The monoisotopic (exact) mass is 388 g/mol. The van der Waals surface area contributed by atoms with Gasteiger partial charge in [0.25, 0.3) is 5.56 Å². The van der Waals surface area contributed by atoms with Crippen molar-refractivity contribution in [3.8, 4) is 0 Å². The highest BCUT2D eigenvalue weighted by Crippen LogP contribution is 2.31. The third kappa shape index (κ3) is 3.70. The maximum atomic E-state index is 13.2. The summed E-state index contributed by atoms with van der Waals surface area (Å²) in [6, 6.07) is 16.8. The molecule has 5 heteroatoms. The minimum absolute atomic E-state index is 0.0718. The molecule has 1 aromatic heterocycles. The van der Waals surface area contributed by atoms with Gasteiger partial charge in [-0.05, 0) is 44.4 Å². The summed E-state index contributed by atoms with van der Waals surface area (Å²) in [5.74, 6) is 0.737. The summed E-state index contributed by atoms with van der Waals surface area (Å²) in [4.78, 5) is 22.6. The number of hydrogen-bond donors (Lipinski definition) is 0. The van der Waals surface area contributed by atoms with E-state index in [0.29, 0.717) is 19.8 Å². The first-order valence-corrected chi connectivity index (χ1v) is 10.2. The molecule has 0 saturated carbocycles. The fraction of sp³-hybridized carbons (Fsp3) is 0.333. The van der Waals surface area contributed by atoms with E-state index in [1.807, 2.05) is 24.5 Å². The van der Waals surface area contributed by atoms with E-state index in [0.717, 1.165) is 29.4 Å². The van der Waals surface area contributed by atoms with Crippen molar-refractivity contribution in [1.29, 1.82) is 0 Å². The van der Waals surface area contributed by atoms with E-state index in [9.17, 15) is 4.79 Å². The maximum Gasteiger partial charge on any atom is 0.259 e. The summed E-state index contributed by atoms with van der Waals surface area (Å²) in [5, 5.41) is 0. The molecule has 0 aliphatic carbocycles. The van der Waals surface area contributed by atoms with Crippen molar-refractivity contribution in [3.05, 3.63) is 86.8 Å². The topological polar surface area (TPSA) is 41.4 Å². The minimum atomic E-state index is 0.0718. The van der Waals surface area contributed by atoms with Crippen LogP contribution in [0.4, 0.5) is 11.6 Å². The molecule has 29 heavy (non-hydrogen) atoms. The van der Waals surface area contributed by atoms with Crippen molar-refractivity contribution < 1.29 is 0 Å². The molecule has 1 aliphatic heterocycles. The second-order valence-electron chi connectivity index (χ2n) is 7.88. The van der Waals surface area contributed by atoms with E-state index >= 15 is 0 Å². The van der Waals surface area contributed by atoms with Crippen LogP contribution in [0.15, 0.2) is 53.3 Å². The molecule has 2 aromatic carbocycles. The van der Waals surface area contributed by atoms with Crippen molar-refractivity contribution in [1.82, 2.24) is 14.5 Å². The molecule has 2 heterocycles. The largest absolute Gasteiger partial charge is 0.298 e. The normalized spacial score (nSPS) is 14.1. The van der Waals surface area contributed by atoms with Crippen LogP contribution in [-0.4, -0.2) is 21.1 Å². The molecule has 4 rings (SSSR count). The summed E-state index contributed by atoms with van der Waals surface area (Å²) in [5.41, 5.74) is 6.45. The van der Waals surface area contributed by atoms with Crippen LogP contribution in [0, 0.1) is 20.8 Å². The molecule has 0 atom stereocenters. The Morgan fingerprint density at radius 3 is 2.45 bits per heavy atom. The predicted molar refractivity (Wildman–Crippen MR) is 118 cm³/mol. The van der Waals surface area contributed by atoms with Crippen molar-refractivity contribution in [2.75, 3.05) is 11.6 Å². The standard InChI is InChI=1S/C24H28N4O/c1-5-21-19(4)25-24-27(22-12-11-17(2)13-18(22)3)15-26(16-28(24)23(21)29)14-20-9-7-6-8-10-20/h6-13H,5,14-16H2,1-4H3. The van der Waals surface area contributed by atoms with E-state index < -0.39 is 0 Å². The summed E-state index contributed by atoms with van der Waals surface area (Å²) < 4.78 is 1.83. The average molecular weight is 389 g/mol. The Balaban J connectivity index is 1.82. The number of aromatic nitrogens is 2. The van der Waals surface area contributed by atoms with Gasteiger partial charge in [0.15, 0.2) is 0 Å². The molecule has 0 amide bonds. The lowest BCUT2D eigenvalue weighted by Crippen LogP contribution is -2.47. The lowest BCUT2D eigenvalue weighted by Gasteiger charge is -2.39. The zero-order chi connectivity index (χ0) is 20.5. The molecule has 0 N–H and O–H groups in total. The molecule has 0 bridgehead atoms. The lowest BCUT2D eigenvalue weighted by molar-refractivity contribution is 0.189. The Kier molecular flexibility index (Phi) is 5.24. The SMILES string of the molecule is CCc1c(C)nc2n(c1=O)CN(Cc1ccccc1)CN2c1ccc(C)cc1C. The maximum absolute atomic E-state index is 13.2. The molecular weight excluding hydrogens is 360 g/mol. The van der Waals surface area contributed by atoms with Crippen LogP contribution < -0.4 is 10.5 Å². The average Bonchev–Trinajstić information content (AvgIpc) is 2.69. The van der Waals surface area contributed by atoms with Crippen molar-refractivity contribution in [3.63, 3.8) is 0 Å². The van der Waals surface area contributed by atoms with Gasteiger partial charge in [0, 0.05) is 23.5 Å². The zero-order valence-corrected chi connectivity index (χ0v) is 17.6. The van der Waals surface area contributed by atoms with Gasteiger partial charge in [0.2, 0.25) is 5.95 Å². The highest BCUT2D eigenvalue weighted by Gasteiger charge is 2.28. The van der Waals surface area contributed by atoms with Crippen LogP contribution in [-0.2, 0) is 19.6 Å². The molecule has 0 saturated heterocycles. The van der Waals surface area contributed by atoms with Crippen LogP contribution in [0.3, 0.4) is 0 Å². The Hall–Kier alpha value is -2.92. The highest BCUT2D eigenvalue weighted by molar-refractivity contribution is 5.63. The van der Waals surface area contributed by atoms with Gasteiger partial charge in [0.05, 0.1) is 13.3 Å². The first kappa shape index (κ1) is 19.4. The van der Waals surface area contributed by atoms with Crippen LogP contribution in [0.5, 0.6) is 0 Å². The van der Waals surface area contributed by atoms with Crippen molar-refractivity contribution >= 4 is 11.6 Å². The van der Waals surface area contributed by atoms with Gasteiger partial charge in [0.1, 0.15) is 0 Å². The van der Waals surface area contributed by atoms with Crippen LogP contribution in [0.2, 0.25) is 0 Å². The van der Waals surface area contributed by atoms with Crippen molar-refractivity contribution in [2.45, 2.75) is 47.3 Å². The predicted octanol–water partition coefficient (Wildman–Crippen LogP) is 4.30. The summed E-state index contributed by atoms with van der Waals surface area (Å²) >= 11 is 0. The zero-order valence-electron chi connectivity index (χ0n) is 17.6. The second-order valence-corrected chi connectivity index (χ2v) is 7.88. The first-order valence-electron chi connectivity index (χ1n) is 10.2. The third-order valence-corrected chi connectivity index (χ3v) is 5.62. The Bertz CT molecular complexity index is 1090. The van der Waals surface area contributed by atoms with E-state index in [1.54, 1.807) is 0 Å². The molecule has 150 valence electrons. The van der Waals surface area contributed by atoms with Crippen LogP contribution >= 0.6 is 0 Å². The number of rotatable bonds is 4. The summed E-state index contributed by atoms with van der Waals surface area (Å²) in [6.45, 7) is 10.2. The fourth-order valence-corrected chi connectivity index (χ4v) is 4.17. The molecular formula is C24H28N4O. The molecule has 5 nitrogen and oxygen atoms in total. The summed E-state index contributed by atoms with van der Waals surface area (Å²) in [7, 11) is 0. The number of hydrogen-bond acceptors (Lipinski definition) is 4. The van der Waals surface area contributed by atoms with Gasteiger partial charge in [-0.1, -0.05) is 55.0 Å². The third-order valence-electron chi connectivity index (χ3n) is 5.62. The molecule has 3 aromatic rings. The first-order chi connectivity index (χ1) is 14.0. The highest BCUT2D eigenvalue weighted by atomic mass is 16.1. The van der Waals surface area contributed by atoms with Gasteiger partial charge >= 0.3 is 0 Å². The van der Waals surface area contributed by atoms with E-state index in [1.165, 1.54) is 16.7 Å². The number of aryl methyl sites for hydroxylation is 3. The quantitative estimate of drug-likeness (QED) is 0.668. The second kappa shape index (κ2) is 7.84. The molecule has 0 unspecified atom stereocenters. The smallest absolute Gasteiger partial charge is 0.259 e. The molecule has 0 fully saturated rings. The van der Waals surface area contributed by atoms with Crippen LogP contribution in [0.25, 0.3) is 0 Å². The molecule has 1 aliphatic rings. The Morgan fingerprint density at radius 1 is 1.00 bits per heavy atom. The molecule has 0 radical (unpaired) electrons. The minimum Gasteiger partial charge on any atom is -0.298 e. The van der Waals surface area contributed by atoms with E-state index in [4.69, 9.17) is 4.98 Å². The van der Waals surface area contributed by atoms with Gasteiger partial charge in [-0.3, -0.25) is 19.2 Å². The van der Waals surface area contributed by atoms with E-state index in [-0.39, 0.29) is 5.56 Å². The number of benzene rings is 2. The van der Waals surface area contributed by atoms with Gasteiger partial charge in [-0.25, -0.2) is 4.98 Å². The number of nitrogens with zero attached hydrogens (tertiary/aromatic N) is 4. The van der Waals surface area contributed by atoms with Gasteiger partial charge < -0.3 is 0 Å². The molecule has 0 spiro atoms. The van der Waals surface area contributed by atoms with Crippen LogP contribution in [0.1, 0.15) is 34.9 Å². The lowest BCUT2D eigenvalue weighted by atomic mass is 10.1. The summed E-state index contributed by atoms with van der Waals surface area (Å²) in [6.07, 6.45) is 0.695. The van der Waals surface area contributed by atoms with Crippen molar-refractivity contribution in [2.24, 2.45) is 0 Å². The number of fused-ring (bicyclic) bond motifs is 1. The number of anilines is 2.